The number of anilines is 1. The van der Waals surface area contributed by atoms with Crippen molar-refractivity contribution in [3.05, 3.63) is 54.9 Å². The van der Waals surface area contributed by atoms with Crippen LogP contribution in [0.15, 0.2) is 49.2 Å². The summed E-state index contributed by atoms with van der Waals surface area (Å²) >= 11 is 0. The van der Waals surface area contributed by atoms with E-state index in [0.717, 1.165) is 0 Å². The lowest BCUT2D eigenvalue weighted by molar-refractivity contribution is -0.118. The highest BCUT2D eigenvalue weighted by molar-refractivity contribution is 5.94. The minimum Gasteiger partial charge on any atom is -0.377 e. The van der Waals surface area contributed by atoms with E-state index >= 15 is 0 Å². The standard InChI is InChI=1S/C18H18N6O3/c25-16(21-13-3-1-4-19-10-13)9-14-12-27-8-7-24(14)17(26)15-11-23-6-2-5-20-18(23)22-15/h1-6,10-11,14H,7-9,12H2,(H,21,25)/t14-/m0/s1. The van der Waals surface area contributed by atoms with Gasteiger partial charge < -0.3 is 15.0 Å². The van der Waals surface area contributed by atoms with Gasteiger partial charge in [-0.2, -0.15) is 0 Å². The first-order valence-corrected chi connectivity index (χ1v) is 8.59. The van der Waals surface area contributed by atoms with E-state index < -0.39 is 0 Å². The average Bonchev–Trinajstić information content (AvgIpc) is 3.13. The zero-order valence-corrected chi connectivity index (χ0v) is 14.5. The molecule has 0 radical (unpaired) electrons. The molecule has 9 heteroatoms. The fourth-order valence-electron chi connectivity index (χ4n) is 3.03. The fraction of sp³-hybridized carbons (Fsp3) is 0.278. The molecule has 0 aliphatic carbocycles. The molecule has 0 unspecified atom stereocenters. The van der Waals surface area contributed by atoms with E-state index in [2.05, 4.69) is 20.3 Å². The second-order valence-corrected chi connectivity index (χ2v) is 6.17. The van der Waals surface area contributed by atoms with Crippen LogP contribution in [0.4, 0.5) is 5.69 Å². The molecule has 0 bridgehead atoms. The van der Waals surface area contributed by atoms with Crippen LogP contribution in [0, 0.1) is 0 Å². The summed E-state index contributed by atoms with van der Waals surface area (Å²) in [6.07, 6.45) is 8.39. The Bertz CT molecular complexity index is 925. The number of ether oxygens (including phenoxy) is 1. The van der Waals surface area contributed by atoms with Gasteiger partial charge in [0.25, 0.3) is 5.91 Å². The number of aromatic nitrogens is 4. The second kappa shape index (κ2) is 7.50. The maximum atomic E-state index is 12.9. The summed E-state index contributed by atoms with van der Waals surface area (Å²) in [5.74, 6) is 0.0240. The summed E-state index contributed by atoms with van der Waals surface area (Å²) in [7, 11) is 0. The Balaban J connectivity index is 1.48. The van der Waals surface area contributed by atoms with Gasteiger partial charge in [0, 0.05) is 37.8 Å². The predicted octanol–water partition coefficient (Wildman–Crippen LogP) is 0.994. The van der Waals surface area contributed by atoms with Crippen molar-refractivity contribution in [1.29, 1.82) is 0 Å². The van der Waals surface area contributed by atoms with Gasteiger partial charge in [0.1, 0.15) is 5.69 Å². The summed E-state index contributed by atoms with van der Waals surface area (Å²) in [4.78, 5) is 39.3. The van der Waals surface area contributed by atoms with Crippen LogP contribution in [0.1, 0.15) is 16.9 Å². The van der Waals surface area contributed by atoms with Crippen LogP contribution in [0.5, 0.6) is 0 Å². The van der Waals surface area contributed by atoms with E-state index in [-0.39, 0.29) is 24.3 Å². The van der Waals surface area contributed by atoms with Gasteiger partial charge in [-0.1, -0.05) is 0 Å². The third-order valence-electron chi connectivity index (χ3n) is 4.31. The van der Waals surface area contributed by atoms with Gasteiger partial charge in [-0.15, -0.1) is 0 Å². The van der Waals surface area contributed by atoms with Crippen LogP contribution in [-0.2, 0) is 9.53 Å². The number of hydrogen-bond acceptors (Lipinski definition) is 6. The molecule has 1 fully saturated rings. The number of hydrogen-bond donors (Lipinski definition) is 1. The second-order valence-electron chi connectivity index (χ2n) is 6.17. The third kappa shape index (κ3) is 3.77. The highest BCUT2D eigenvalue weighted by Gasteiger charge is 2.31. The molecule has 4 rings (SSSR count). The van der Waals surface area contributed by atoms with Gasteiger partial charge in [-0.05, 0) is 18.2 Å². The monoisotopic (exact) mass is 366 g/mol. The number of rotatable bonds is 4. The highest BCUT2D eigenvalue weighted by Crippen LogP contribution is 2.16. The predicted molar refractivity (Wildman–Crippen MR) is 96.1 cm³/mol. The Morgan fingerprint density at radius 3 is 3.04 bits per heavy atom. The molecule has 1 aliphatic rings. The molecule has 3 aromatic heterocycles. The van der Waals surface area contributed by atoms with Gasteiger partial charge in [-0.3, -0.25) is 19.0 Å². The summed E-state index contributed by atoms with van der Waals surface area (Å²) in [5.41, 5.74) is 0.914. The number of pyridine rings is 1. The zero-order valence-electron chi connectivity index (χ0n) is 14.5. The van der Waals surface area contributed by atoms with Crippen molar-refractivity contribution in [2.75, 3.05) is 25.1 Å². The molecule has 0 spiro atoms. The number of imidazole rings is 1. The molecular weight excluding hydrogens is 348 g/mol. The average molecular weight is 366 g/mol. The third-order valence-corrected chi connectivity index (χ3v) is 4.31. The lowest BCUT2D eigenvalue weighted by atomic mass is 10.1. The Kier molecular flexibility index (Phi) is 4.75. The maximum Gasteiger partial charge on any atom is 0.274 e. The van der Waals surface area contributed by atoms with Crippen molar-refractivity contribution in [2.45, 2.75) is 12.5 Å². The molecule has 0 saturated carbocycles. The lowest BCUT2D eigenvalue weighted by Crippen LogP contribution is -2.50. The van der Waals surface area contributed by atoms with E-state index in [1.807, 2.05) is 0 Å². The summed E-state index contributed by atoms with van der Waals surface area (Å²) < 4.78 is 7.18. The molecule has 1 atom stereocenters. The van der Waals surface area contributed by atoms with Crippen molar-refractivity contribution in [3.63, 3.8) is 0 Å². The molecule has 1 N–H and O–H groups in total. The Hall–Kier alpha value is -3.33. The van der Waals surface area contributed by atoms with Crippen LogP contribution in [-0.4, -0.2) is 61.9 Å². The van der Waals surface area contributed by atoms with Crippen molar-refractivity contribution in [2.24, 2.45) is 0 Å². The number of nitrogens with one attached hydrogen (secondary N) is 1. The van der Waals surface area contributed by atoms with E-state index in [1.54, 1.807) is 58.5 Å². The summed E-state index contributed by atoms with van der Waals surface area (Å²) in [5, 5.41) is 2.79. The Morgan fingerprint density at radius 1 is 1.30 bits per heavy atom. The van der Waals surface area contributed by atoms with E-state index in [4.69, 9.17) is 4.74 Å². The van der Waals surface area contributed by atoms with E-state index in [0.29, 0.717) is 36.9 Å². The molecule has 27 heavy (non-hydrogen) atoms. The minimum absolute atomic E-state index is 0.131. The molecule has 1 aliphatic heterocycles. The number of fused-ring (bicyclic) bond motifs is 1. The van der Waals surface area contributed by atoms with Gasteiger partial charge in [0.15, 0.2) is 0 Å². The van der Waals surface area contributed by atoms with Crippen LogP contribution in [0.2, 0.25) is 0 Å². The first-order valence-electron chi connectivity index (χ1n) is 8.59. The lowest BCUT2D eigenvalue weighted by Gasteiger charge is -2.34. The van der Waals surface area contributed by atoms with Crippen LogP contribution in [0.3, 0.4) is 0 Å². The van der Waals surface area contributed by atoms with Gasteiger partial charge >= 0.3 is 0 Å². The number of morpholine rings is 1. The molecule has 4 heterocycles. The summed E-state index contributed by atoms with van der Waals surface area (Å²) in [6, 6.07) is 4.91. The smallest absolute Gasteiger partial charge is 0.274 e. The largest absolute Gasteiger partial charge is 0.377 e. The van der Waals surface area contributed by atoms with Crippen molar-refractivity contribution >= 4 is 23.3 Å². The molecule has 1 saturated heterocycles. The number of nitrogens with zero attached hydrogens (tertiary/aromatic N) is 5. The van der Waals surface area contributed by atoms with Crippen molar-refractivity contribution < 1.29 is 14.3 Å². The highest BCUT2D eigenvalue weighted by atomic mass is 16.5. The molecule has 9 nitrogen and oxygen atoms in total. The number of carbonyl (C=O) groups excluding carboxylic acids is 2. The SMILES string of the molecule is O=C(C[C@H]1COCCN1C(=O)c1cn2cccnc2n1)Nc1cccnc1. The molecule has 138 valence electrons. The first-order chi connectivity index (χ1) is 13.2. The first kappa shape index (κ1) is 17.1. The molecule has 3 aromatic rings. The van der Waals surface area contributed by atoms with Crippen LogP contribution < -0.4 is 5.32 Å². The minimum atomic E-state index is -0.360. The van der Waals surface area contributed by atoms with Crippen LogP contribution >= 0.6 is 0 Å². The normalized spacial score (nSPS) is 17.0. The zero-order chi connectivity index (χ0) is 18.6. The topological polar surface area (TPSA) is 102 Å². The molecule has 0 aromatic carbocycles. The molecule has 2 amide bonds. The van der Waals surface area contributed by atoms with Crippen molar-refractivity contribution in [3.8, 4) is 0 Å². The van der Waals surface area contributed by atoms with Crippen molar-refractivity contribution in [1.82, 2.24) is 24.3 Å². The number of carbonyl (C=O) groups is 2. The van der Waals surface area contributed by atoms with Crippen LogP contribution in [0.25, 0.3) is 5.78 Å². The Morgan fingerprint density at radius 2 is 2.22 bits per heavy atom. The van der Waals surface area contributed by atoms with Gasteiger partial charge in [0.05, 0.1) is 31.1 Å². The Labute approximate surface area is 155 Å². The van der Waals surface area contributed by atoms with E-state index in [1.165, 1.54) is 0 Å². The van der Waals surface area contributed by atoms with E-state index in [9.17, 15) is 9.59 Å². The van der Waals surface area contributed by atoms with Gasteiger partial charge in [-0.25, -0.2) is 9.97 Å². The van der Waals surface area contributed by atoms with Gasteiger partial charge in [0.2, 0.25) is 11.7 Å². The molecular formula is C18H18N6O3. The summed E-state index contributed by atoms with van der Waals surface area (Å²) in [6.45, 7) is 1.14. The fourth-order valence-corrected chi connectivity index (χ4v) is 3.03. The maximum absolute atomic E-state index is 12.9. The number of amides is 2. The quantitative estimate of drug-likeness (QED) is 0.739.